The van der Waals surface area contributed by atoms with E-state index in [4.69, 9.17) is 10.4 Å². The number of hydrogen-bond donors (Lipinski definition) is 3. The Labute approximate surface area is 84.1 Å². The highest BCUT2D eigenvalue weighted by Gasteiger charge is 2.11. The molecule has 0 aliphatic heterocycles. The van der Waals surface area contributed by atoms with Crippen LogP contribution in [0.1, 0.15) is 13.8 Å². The minimum absolute atomic E-state index is 0.0322. The largest absolute Gasteiger partial charge is 0.396 e. The Morgan fingerprint density at radius 1 is 1.57 bits per heavy atom. The molecule has 80 valence electrons. The number of aliphatic hydroxyl groups excluding tert-OH is 1. The Morgan fingerprint density at radius 3 is 2.71 bits per heavy atom. The van der Waals surface area contributed by atoms with Crippen molar-refractivity contribution in [1.29, 1.82) is 5.26 Å². The molecule has 0 spiro atoms. The lowest BCUT2D eigenvalue weighted by Gasteiger charge is -2.18. The second-order valence-electron chi connectivity index (χ2n) is 3.26. The number of carbonyl (C=O) groups is 1. The third-order valence-electron chi connectivity index (χ3n) is 2.09. The number of nitriles is 1. The van der Waals surface area contributed by atoms with Crippen molar-refractivity contribution in [2.45, 2.75) is 19.9 Å². The fourth-order valence-electron chi connectivity index (χ4n) is 0.814. The predicted octanol–water partition coefficient (Wildman–Crippen LogP) is -0.767. The Hall–Kier alpha value is -1.12. The molecule has 0 radical (unpaired) electrons. The normalized spacial score (nSPS) is 14.1. The average molecular weight is 199 g/mol. The van der Waals surface area contributed by atoms with Crippen LogP contribution in [0.25, 0.3) is 0 Å². The van der Waals surface area contributed by atoms with E-state index in [0.717, 1.165) is 0 Å². The number of nitrogens with zero attached hydrogens (tertiary/aromatic N) is 1. The summed E-state index contributed by atoms with van der Waals surface area (Å²) in [7, 11) is 0. The summed E-state index contributed by atoms with van der Waals surface area (Å²) in [4.78, 5) is 11.0. The summed E-state index contributed by atoms with van der Waals surface area (Å²) in [6, 6.07) is 1.90. The number of nitrogens with one attached hydrogen (secondary N) is 2. The number of aliphatic hydroxyl groups is 1. The van der Waals surface area contributed by atoms with Crippen LogP contribution in [-0.2, 0) is 4.79 Å². The minimum atomic E-state index is -0.205. The molecule has 0 aromatic carbocycles. The van der Waals surface area contributed by atoms with Gasteiger partial charge in [0.05, 0.1) is 12.6 Å². The van der Waals surface area contributed by atoms with Gasteiger partial charge in [0.25, 0.3) is 0 Å². The van der Waals surface area contributed by atoms with E-state index in [9.17, 15) is 4.79 Å². The minimum Gasteiger partial charge on any atom is -0.396 e. The first-order valence-corrected chi connectivity index (χ1v) is 4.59. The van der Waals surface area contributed by atoms with E-state index in [2.05, 4.69) is 10.6 Å². The molecular weight excluding hydrogens is 182 g/mol. The Kier molecular flexibility index (Phi) is 6.72. The van der Waals surface area contributed by atoms with Crippen molar-refractivity contribution >= 4 is 5.91 Å². The SMILES string of the molecule is CC(CO)C(C)NCC(=O)NCC#N. The van der Waals surface area contributed by atoms with Gasteiger partial charge in [-0.25, -0.2) is 0 Å². The van der Waals surface area contributed by atoms with Crippen molar-refractivity contribution in [3.63, 3.8) is 0 Å². The maximum Gasteiger partial charge on any atom is 0.234 e. The highest BCUT2D eigenvalue weighted by atomic mass is 16.3. The number of carbonyl (C=O) groups excluding carboxylic acids is 1. The van der Waals surface area contributed by atoms with Crippen LogP contribution in [0.15, 0.2) is 0 Å². The van der Waals surface area contributed by atoms with Crippen LogP contribution >= 0.6 is 0 Å². The zero-order valence-corrected chi connectivity index (χ0v) is 8.58. The van der Waals surface area contributed by atoms with Crippen LogP contribution in [0, 0.1) is 17.2 Å². The van der Waals surface area contributed by atoms with Crippen LogP contribution in [0.5, 0.6) is 0 Å². The smallest absolute Gasteiger partial charge is 0.234 e. The first-order valence-electron chi connectivity index (χ1n) is 4.59. The van der Waals surface area contributed by atoms with Gasteiger partial charge < -0.3 is 15.7 Å². The summed E-state index contributed by atoms with van der Waals surface area (Å²) in [6.07, 6.45) is 0. The lowest BCUT2D eigenvalue weighted by atomic mass is 10.1. The molecule has 0 heterocycles. The first kappa shape index (κ1) is 12.9. The van der Waals surface area contributed by atoms with Crippen molar-refractivity contribution in [3.05, 3.63) is 0 Å². The van der Waals surface area contributed by atoms with E-state index in [-0.39, 0.29) is 37.6 Å². The lowest BCUT2D eigenvalue weighted by molar-refractivity contribution is -0.120. The zero-order valence-electron chi connectivity index (χ0n) is 8.58. The molecule has 0 fully saturated rings. The van der Waals surface area contributed by atoms with Crippen LogP contribution in [0.2, 0.25) is 0 Å². The van der Waals surface area contributed by atoms with Gasteiger partial charge in [-0.15, -0.1) is 0 Å². The molecule has 5 nitrogen and oxygen atoms in total. The predicted molar refractivity (Wildman–Crippen MR) is 52.3 cm³/mol. The topological polar surface area (TPSA) is 85.2 Å². The summed E-state index contributed by atoms with van der Waals surface area (Å²) in [5.41, 5.74) is 0. The van der Waals surface area contributed by atoms with Crippen molar-refractivity contribution in [3.8, 4) is 6.07 Å². The molecule has 5 heteroatoms. The standard InChI is InChI=1S/C9H17N3O2/c1-7(6-13)8(2)12-5-9(14)11-4-3-10/h7-8,12-13H,4-6H2,1-2H3,(H,11,14). The highest BCUT2D eigenvalue weighted by molar-refractivity contribution is 5.78. The summed E-state index contributed by atoms with van der Waals surface area (Å²) >= 11 is 0. The van der Waals surface area contributed by atoms with Crippen LogP contribution < -0.4 is 10.6 Å². The Bertz CT molecular complexity index is 213. The molecular formula is C9H17N3O2. The Morgan fingerprint density at radius 2 is 2.21 bits per heavy atom. The number of amides is 1. The van der Waals surface area contributed by atoms with Crippen LogP contribution in [-0.4, -0.2) is 36.8 Å². The molecule has 0 aromatic heterocycles. The molecule has 0 saturated heterocycles. The van der Waals surface area contributed by atoms with E-state index in [0.29, 0.717) is 0 Å². The van der Waals surface area contributed by atoms with Gasteiger partial charge in [0, 0.05) is 12.6 Å². The van der Waals surface area contributed by atoms with E-state index < -0.39 is 0 Å². The molecule has 0 aromatic rings. The molecule has 3 N–H and O–H groups in total. The third-order valence-corrected chi connectivity index (χ3v) is 2.09. The fraction of sp³-hybridized carbons (Fsp3) is 0.778. The molecule has 0 aliphatic rings. The molecule has 0 aliphatic carbocycles. The third kappa shape index (κ3) is 5.51. The van der Waals surface area contributed by atoms with Gasteiger partial charge in [-0.05, 0) is 12.8 Å². The maximum atomic E-state index is 11.0. The number of rotatable bonds is 6. The second-order valence-corrected chi connectivity index (χ2v) is 3.26. The maximum absolute atomic E-state index is 11.0. The fourth-order valence-corrected chi connectivity index (χ4v) is 0.814. The van der Waals surface area contributed by atoms with E-state index in [1.807, 2.05) is 19.9 Å². The van der Waals surface area contributed by atoms with Gasteiger partial charge in [0.2, 0.25) is 5.91 Å². The van der Waals surface area contributed by atoms with Crippen molar-refractivity contribution in [1.82, 2.24) is 10.6 Å². The van der Waals surface area contributed by atoms with Crippen molar-refractivity contribution in [2.24, 2.45) is 5.92 Å². The van der Waals surface area contributed by atoms with Gasteiger partial charge in [-0.1, -0.05) is 6.92 Å². The lowest BCUT2D eigenvalue weighted by Crippen LogP contribution is -2.41. The van der Waals surface area contributed by atoms with Gasteiger partial charge >= 0.3 is 0 Å². The zero-order chi connectivity index (χ0) is 11.0. The van der Waals surface area contributed by atoms with Crippen molar-refractivity contribution < 1.29 is 9.90 Å². The van der Waals surface area contributed by atoms with E-state index in [1.54, 1.807) is 0 Å². The van der Waals surface area contributed by atoms with Crippen LogP contribution in [0.4, 0.5) is 0 Å². The van der Waals surface area contributed by atoms with Gasteiger partial charge in [0.1, 0.15) is 6.54 Å². The molecule has 2 atom stereocenters. The highest BCUT2D eigenvalue weighted by Crippen LogP contribution is 1.99. The number of hydrogen-bond acceptors (Lipinski definition) is 4. The van der Waals surface area contributed by atoms with Gasteiger partial charge in [-0.3, -0.25) is 4.79 Å². The van der Waals surface area contributed by atoms with E-state index >= 15 is 0 Å². The quantitative estimate of drug-likeness (QED) is 0.490. The molecule has 0 saturated carbocycles. The molecule has 2 unspecified atom stereocenters. The summed E-state index contributed by atoms with van der Waals surface area (Å²) in [5.74, 6) is -0.0951. The summed E-state index contributed by atoms with van der Waals surface area (Å²) in [6.45, 7) is 4.09. The molecule has 1 amide bonds. The van der Waals surface area contributed by atoms with Crippen LogP contribution in [0.3, 0.4) is 0 Å². The molecule has 0 bridgehead atoms. The Balaban J connectivity index is 3.61. The average Bonchev–Trinajstić information content (AvgIpc) is 2.21. The van der Waals surface area contributed by atoms with Gasteiger partial charge in [0.15, 0.2) is 0 Å². The van der Waals surface area contributed by atoms with Gasteiger partial charge in [-0.2, -0.15) is 5.26 Å². The first-order chi connectivity index (χ1) is 6.61. The molecule has 0 rings (SSSR count). The summed E-state index contributed by atoms with van der Waals surface area (Å²) < 4.78 is 0. The molecule has 14 heavy (non-hydrogen) atoms. The van der Waals surface area contributed by atoms with Crippen molar-refractivity contribution in [2.75, 3.05) is 19.7 Å². The van der Waals surface area contributed by atoms with E-state index in [1.165, 1.54) is 0 Å². The summed E-state index contributed by atoms with van der Waals surface area (Å²) in [5, 5.41) is 22.4. The monoisotopic (exact) mass is 199 g/mol. The second kappa shape index (κ2) is 7.30.